The molecule has 1 heterocycles. The number of hydrogen-bond donors (Lipinski definition) is 1. The Balaban J connectivity index is 3.15. The fraction of sp³-hybridized carbons (Fsp3) is 0. The van der Waals surface area contributed by atoms with Crippen molar-refractivity contribution in [3.05, 3.63) is 39.8 Å². The van der Waals surface area contributed by atoms with E-state index in [0.717, 1.165) is 0 Å². The van der Waals surface area contributed by atoms with Crippen molar-refractivity contribution >= 4 is 12.4 Å². The normalized spacial score (nSPS) is 9.77. The molecule has 1 N–H and O–H groups in total. The Morgan fingerprint density at radius 3 is 2.92 bits per heavy atom. The summed E-state index contributed by atoms with van der Waals surface area (Å²) in [5.41, 5.74) is 0.224. The Labute approximate surface area is 74.1 Å². The summed E-state index contributed by atoms with van der Waals surface area (Å²) in [6.07, 6.45) is 4.85. The van der Waals surface area contributed by atoms with E-state index in [-0.39, 0.29) is 5.56 Å². The molecule has 0 unspecified atom stereocenters. The van der Waals surface area contributed by atoms with Crippen molar-refractivity contribution in [2.75, 3.05) is 0 Å². The molecule has 0 bridgehead atoms. The number of H-pyrrole nitrogens is 1. The smallest absolute Gasteiger partial charge is 0.265 e. The zero-order chi connectivity index (χ0) is 9.68. The topological polar surface area (TPSA) is 73.7 Å². The monoisotopic (exact) mass is 174 g/mol. The number of carbonyl (C=O) groups is 1. The van der Waals surface area contributed by atoms with Gasteiger partial charge in [0.15, 0.2) is 0 Å². The summed E-state index contributed by atoms with van der Waals surface area (Å²) in [5.74, 6) is 0. The second kappa shape index (κ2) is 4.02. The molecule has 0 saturated carbocycles. The van der Waals surface area contributed by atoms with Crippen molar-refractivity contribution < 1.29 is 4.79 Å². The lowest BCUT2D eigenvalue weighted by molar-refractivity contribution is -0.104. The fourth-order valence-electron chi connectivity index (χ4n) is 0.830. The van der Waals surface area contributed by atoms with Gasteiger partial charge in [-0.05, 0) is 17.7 Å². The highest BCUT2D eigenvalue weighted by atomic mass is 16.1. The summed E-state index contributed by atoms with van der Waals surface area (Å²) in [4.78, 5) is 23.3. The highest BCUT2D eigenvalue weighted by Gasteiger charge is 1.96. The molecule has 0 aliphatic carbocycles. The van der Waals surface area contributed by atoms with Gasteiger partial charge in [-0.25, -0.2) is 0 Å². The number of carbonyl (C=O) groups excluding carboxylic acids is 1. The first-order valence-electron chi connectivity index (χ1n) is 3.52. The van der Waals surface area contributed by atoms with Gasteiger partial charge in [-0.15, -0.1) is 0 Å². The molecule has 0 aliphatic heterocycles. The maximum atomic E-state index is 10.9. The van der Waals surface area contributed by atoms with Crippen molar-refractivity contribution in [2.24, 2.45) is 0 Å². The molecule has 0 saturated heterocycles. The summed E-state index contributed by atoms with van der Waals surface area (Å²) in [6.45, 7) is 0. The van der Waals surface area contributed by atoms with Gasteiger partial charge in [0, 0.05) is 6.20 Å². The van der Waals surface area contributed by atoms with Gasteiger partial charge in [0.1, 0.15) is 17.9 Å². The molecule has 0 atom stereocenters. The molecule has 0 aliphatic rings. The molecule has 0 aromatic carbocycles. The van der Waals surface area contributed by atoms with E-state index in [2.05, 4.69) is 4.98 Å². The van der Waals surface area contributed by atoms with Gasteiger partial charge in [-0.3, -0.25) is 9.59 Å². The summed E-state index contributed by atoms with van der Waals surface area (Å²) in [7, 11) is 0. The lowest BCUT2D eigenvalue weighted by Gasteiger charge is -1.91. The minimum absolute atomic E-state index is 0.0352. The van der Waals surface area contributed by atoms with E-state index in [1.165, 1.54) is 24.4 Å². The van der Waals surface area contributed by atoms with Crippen LogP contribution in [0.2, 0.25) is 0 Å². The number of nitrogens with zero attached hydrogens (tertiary/aromatic N) is 1. The molecule has 0 amide bonds. The van der Waals surface area contributed by atoms with E-state index in [1.54, 1.807) is 6.07 Å². The second-order valence-corrected chi connectivity index (χ2v) is 2.28. The molecule has 4 nitrogen and oxygen atoms in total. The highest BCUT2D eigenvalue weighted by Crippen LogP contribution is 1.99. The van der Waals surface area contributed by atoms with Crippen LogP contribution >= 0.6 is 0 Å². The van der Waals surface area contributed by atoms with E-state index in [0.29, 0.717) is 11.8 Å². The number of allylic oxidation sites excluding steroid dienone is 1. The van der Waals surface area contributed by atoms with Gasteiger partial charge in [0.2, 0.25) is 0 Å². The largest absolute Gasteiger partial charge is 0.327 e. The predicted molar refractivity (Wildman–Crippen MR) is 46.9 cm³/mol. The summed E-state index contributed by atoms with van der Waals surface area (Å²) in [5, 5.41) is 8.50. The Morgan fingerprint density at radius 2 is 2.31 bits per heavy atom. The number of aromatic amines is 1. The molecular formula is C9H6N2O2. The van der Waals surface area contributed by atoms with Crippen LogP contribution in [0.3, 0.4) is 0 Å². The molecule has 4 heteroatoms. The van der Waals surface area contributed by atoms with Crippen molar-refractivity contribution in [1.29, 1.82) is 5.26 Å². The van der Waals surface area contributed by atoms with Crippen LogP contribution in [0.15, 0.2) is 23.1 Å². The predicted octanol–water partition coefficient (Wildman–Crippen LogP) is 0.459. The summed E-state index contributed by atoms with van der Waals surface area (Å²) < 4.78 is 0. The van der Waals surface area contributed by atoms with Crippen LogP contribution < -0.4 is 5.56 Å². The van der Waals surface area contributed by atoms with E-state index in [1.807, 2.05) is 0 Å². The van der Waals surface area contributed by atoms with Gasteiger partial charge in [-0.1, -0.05) is 6.08 Å². The number of rotatable bonds is 2. The Kier molecular flexibility index (Phi) is 2.77. The molecule has 64 valence electrons. The van der Waals surface area contributed by atoms with Gasteiger partial charge < -0.3 is 4.98 Å². The SMILES string of the molecule is N#Cc1cc(C=CC=O)c[nH]c1=O. The van der Waals surface area contributed by atoms with Crippen LogP contribution in [0, 0.1) is 11.3 Å². The minimum atomic E-state index is -0.425. The van der Waals surface area contributed by atoms with Crippen LogP contribution in [-0.4, -0.2) is 11.3 Å². The molecule has 1 rings (SSSR count). The average Bonchev–Trinajstić information content (AvgIpc) is 2.16. The first kappa shape index (κ1) is 8.94. The molecule has 1 aromatic heterocycles. The van der Waals surface area contributed by atoms with Crippen LogP contribution in [0.5, 0.6) is 0 Å². The molecule has 0 spiro atoms. The van der Waals surface area contributed by atoms with E-state index in [4.69, 9.17) is 5.26 Å². The zero-order valence-corrected chi connectivity index (χ0v) is 6.65. The van der Waals surface area contributed by atoms with Crippen LogP contribution in [-0.2, 0) is 4.79 Å². The second-order valence-electron chi connectivity index (χ2n) is 2.28. The fourth-order valence-corrected chi connectivity index (χ4v) is 0.830. The van der Waals surface area contributed by atoms with Gasteiger partial charge >= 0.3 is 0 Å². The average molecular weight is 174 g/mol. The first-order chi connectivity index (χ1) is 6.27. The number of hydrogen-bond acceptors (Lipinski definition) is 3. The molecule has 0 fully saturated rings. The van der Waals surface area contributed by atoms with Crippen molar-refractivity contribution in [3.8, 4) is 6.07 Å². The van der Waals surface area contributed by atoms with Crippen LogP contribution in [0.25, 0.3) is 6.08 Å². The highest BCUT2D eigenvalue weighted by molar-refractivity contribution is 5.73. The number of aldehydes is 1. The minimum Gasteiger partial charge on any atom is -0.327 e. The Morgan fingerprint density at radius 1 is 1.54 bits per heavy atom. The molecule has 1 aromatic rings. The van der Waals surface area contributed by atoms with E-state index < -0.39 is 5.56 Å². The van der Waals surface area contributed by atoms with Crippen molar-refractivity contribution in [3.63, 3.8) is 0 Å². The third-order valence-electron chi connectivity index (χ3n) is 1.41. The lowest BCUT2D eigenvalue weighted by atomic mass is 10.2. The number of nitrogens with one attached hydrogen (secondary N) is 1. The van der Waals surface area contributed by atoms with Gasteiger partial charge in [0.05, 0.1) is 0 Å². The quantitative estimate of drug-likeness (QED) is 0.522. The van der Waals surface area contributed by atoms with E-state index >= 15 is 0 Å². The Bertz CT molecular complexity index is 438. The number of pyridine rings is 1. The number of nitriles is 1. The van der Waals surface area contributed by atoms with Crippen LogP contribution in [0.1, 0.15) is 11.1 Å². The number of aromatic nitrogens is 1. The summed E-state index contributed by atoms with van der Waals surface area (Å²) in [6, 6.07) is 3.16. The first-order valence-corrected chi connectivity index (χ1v) is 3.52. The third-order valence-corrected chi connectivity index (χ3v) is 1.41. The van der Waals surface area contributed by atoms with Crippen LogP contribution in [0.4, 0.5) is 0 Å². The van der Waals surface area contributed by atoms with Crippen molar-refractivity contribution in [1.82, 2.24) is 4.98 Å². The van der Waals surface area contributed by atoms with Gasteiger partial charge in [-0.2, -0.15) is 5.26 Å². The van der Waals surface area contributed by atoms with E-state index in [9.17, 15) is 9.59 Å². The Hall–Kier alpha value is -2.15. The maximum absolute atomic E-state index is 10.9. The third kappa shape index (κ3) is 2.14. The molecule has 13 heavy (non-hydrogen) atoms. The summed E-state index contributed by atoms with van der Waals surface area (Å²) >= 11 is 0. The lowest BCUT2D eigenvalue weighted by Crippen LogP contribution is -2.08. The molecular weight excluding hydrogens is 168 g/mol. The van der Waals surface area contributed by atoms with Gasteiger partial charge in [0.25, 0.3) is 5.56 Å². The maximum Gasteiger partial charge on any atom is 0.265 e. The molecule has 0 radical (unpaired) electrons. The van der Waals surface area contributed by atoms with Crippen molar-refractivity contribution in [2.45, 2.75) is 0 Å². The standard InChI is InChI=1S/C9H6N2O2/c10-5-8-4-7(2-1-3-12)6-11-9(8)13/h1-4,6H,(H,11,13). The zero-order valence-electron chi connectivity index (χ0n) is 6.65.